The van der Waals surface area contributed by atoms with Gasteiger partial charge < -0.3 is 34.9 Å². The summed E-state index contributed by atoms with van der Waals surface area (Å²) in [6.45, 7) is 7.91. The van der Waals surface area contributed by atoms with Crippen molar-refractivity contribution in [3.8, 4) is 22.9 Å². The van der Waals surface area contributed by atoms with Gasteiger partial charge in [-0.2, -0.15) is 0 Å². The fourth-order valence-corrected chi connectivity index (χ4v) is 6.19. The SMILES string of the molecule is COc1cc(C)c(-n2cnc(N)c(C(=O)N[C@H]3CCC[C@@H](CN(Cc4ccc(OC)cc4OC)C(=O)OC(C)(C)C)C3)c2=O)c(Cl)c1. The van der Waals surface area contributed by atoms with Crippen LogP contribution in [0.15, 0.2) is 41.5 Å². The van der Waals surface area contributed by atoms with Crippen LogP contribution in [0.2, 0.25) is 5.02 Å². The predicted octanol–water partition coefficient (Wildman–Crippen LogP) is 5.53. The first-order chi connectivity index (χ1) is 22.2. The minimum Gasteiger partial charge on any atom is -0.497 e. The minimum atomic E-state index is -0.687. The molecule has 0 unspecified atom stereocenters. The van der Waals surface area contributed by atoms with Gasteiger partial charge in [0.05, 0.1) is 38.6 Å². The molecular weight excluding hydrogens is 626 g/mol. The van der Waals surface area contributed by atoms with Crippen molar-refractivity contribution >= 4 is 29.4 Å². The molecule has 0 bridgehead atoms. The van der Waals surface area contributed by atoms with Crippen LogP contribution in [-0.2, 0) is 11.3 Å². The molecule has 13 heteroatoms. The number of aromatic nitrogens is 2. The van der Waals surface area contributed by atoms with Gasteiger partial charge in [-0.3, -0.25) is 14.2 Å². The first-order valence-corrected chi connectivity index (χ1v) is 15.8. The number of halogens is 1. The number of carbonyl (C=O) groups excluding carboxylic acids is 2. The van der Waals surface area contributed by atoms with Crippen LogP contribution in [0.1, 0.15) is 67.9 Å². The number of aryl methyl sites for hydroxylation is 1. The van der Waals surface area contributed by atoms with Crippen LogP contribution in [0, 0.1) is 12.8 Å². The fraction of sp³-hybridized carbons (Fsp3) is 0.471. The van der Waals surface area contributed by atoms with Crippen LogP contribution < -0.4 is 30.8 Å². The average Bonchev–Trinajstić information content (AvgIpc) is 3.00. The Hall–Kier alpha value is -4.45. The van der Waals surface area contributed by atoms with E-state index in [-0.39, 0.29) is 34.9 Å². The van der Waals surface area contributed by atoms with E-state index in [2.05, 4.69) is 10.3 Å². The fourth-order valence-electron chi connectivity index (χ4n) is 5.84. The van der Waals surface area contributed by atoms with Gasteiger partial charge in [0.25, 0.3) is 11.5 Å². The number of nitrogens with one attached hydrogen (secondary N) is 1. The molecule has 47 heavy (non-hydrogen) atoms. The second-order valence-electron chi connectivity index (χ2n) is 12.7. The largest absolute Gasteiger partial charge is 0.497 e. The molecule has 254 valence electrons. The van der Waals surface area contributed by atoms with Gasteiger partial charge in [-0.05, 0) is 76.6 Å². The Labute approximate surface area is 280 Å². The van der Waals surface area contributed by atoms with Gasteiger partial charge >= 0.3 is 6.09 Å². The summed E-state index contributed by atoms with van der Waals surface area (Å²) in [7, 11) is 4.67. The summed E-state index contributed by atoms with van der Waals surface area (Å²) in [5.41, 5.74) is 6.33. The number of nitrogens with two attached hydrogens (primary N) is 1. The van der Waals surface area contributed by atoms with E-state index in [1.54, 1.807) is 44.2 Å². The lowest BCUT2D eigenvalue weighted by atomic mass is 9.85. The van der Waals surface area contributed by atoms with E-state index in [1.807, 2.05) is 32.9 Å². The normalized spacial score (nSPS) is 16.3. The van der Waals surface area contributed by atoms with Crippen molar-refractivity contribution in [2.24, 2.45) is 5.92 Å². The Kier molecular flexibility index (Phi) is 11.3. The number of nitrogen functional groups attached to an aromatic ring is 1. The summed E-state index contributed by atoms with van der Waals surface area (Å²) >= 11 is 6.50. The number of hydrogen-bond donors (Lipinski definition) is 2. The number of hydrogen-bond acceptors (Lipinski definition) is 9. The molecule has 2 amide bonds. The summed E-state index contributed by atoms with van der Waals surface area (Å²) in [6.07, 6.45) is 3.77. The van der Waals surface area contributed by atoms with Crippen molar-refractivity contribution in [2.75, 3.05) is 33.6 Å². The predicted molar refractivity (Wildman–Crippen MR) is 180 cm³/mol. The zero-order valence-electron chi connectivity index (χ0n) is 28.0. The highest BCUT2D eigenvalue weighted by Crippen LogP contribution is 2.31. The number of nitrogens with zero attached hydrogens (tertiary/aromatic N) is 3. The van der Waals surface area contributed by atoms with Crippen molar-refractivity contribution in [1.82, 2.24) is 19.8 Å². The van der Waals surface area contributed by atoms with E-state index < -0.39 is 23.2 Å². The molecule has 0 aliphatic heterocycles. The Morgan fingerprint density at radius 1 is 1.09 bits per heavy atom. The van der Waals surface area contributed by atoms with Gasteiger partial charge in [0, 0.05) is 30.3 Å². The summed E-state index contributed by atoms with van der Waals surface area (Å²) in [5, 5.41) is 3.26. The second-order valence-corrected chi connectivity index (χ2v) is 13.1. The lowest BCUT2D eigenvalue weighted by Crippen LogP contribution is -2.45. The summed E-state index contributed by atoms with van der Waals surface area (Å²) in [6, 6.07) is 8.52. The maximum Gasteiger partial charge on any atom is 0.410 e. The van der Waals surface area contributed by atoms with Gasteiger partial charge in [0.15, 0.2) is 0 Å². The third-order valence-electron chi connectivity index (χ3n) is 8.04. The number of anilines is 1. The van der Waals surface area contributed by atoms with Crippen molar-refractivity contribution in [1.29, 1.82) is 0 Å². The van der Waals surface area contributed by atoms with E-state index in [0.717, 1.165) is 18.4 Å². The summed E-state index contributed by atoms with van der Waals surface area (Å²) < 4.78 is 23.2. The van der Waals surface area contributed by atoms with Gasteiger partial charge in [-0.25, -0.2) is 9.78 Å². The number of ether oxygens (including phenoxy) is 4. The van der Waals surface area contributed by atoms with Crippen LogP contribution in [0.5, 0.6) is 17.2 Å². The monoisotopic (exact) mass is 669 g/mol. The van der Waals surface area contributed by atoms with E-state index in [4.69, 9.17) is 36.3 Å². The third kappa shape index (κ3) is 8.68. The molecule has 1 aromatic heterocycles. The molecule has 1 saturated carbocycles. The molecule has 0 saturated heterocycles. The summed E-state index contributed by atoms with van der Waals surface area (Å²) in [4.78, 5) is 46.4. The van der Waals surface area contributed by atoms with Crippen LogP contribution in [0.25, 0.3) is 5.69 Å². The van der Waals surface area contributed by atoms with Crippen LogP contribution in [0.4, 0.5) is 10.6 Å². The quantitative estimate of drug-likeness (QED) is 0.284. The van der Waals surface area contributed by atoms with Crippen LogP contribution in [-0.4, -0.2) is 66.0 Å². The smallest absolute Gasteiger partial charge is 0.410 e. The average molecular weight is 670 g/mol. The zero-order chi connectivity index (χ0) is 34.5. The Morgan fingerprint density at radius 3 is 2.45 bits per heavy atom. The molecule has 12 nitrogen and oxygen atoms in total. The number of methoxy groups -OCH3 is 3. The molecule has 1 fully saturated rings. The van der Waals surface area contributed by atoms with Gasteiger partial charge in [0.2, 0.25) is 0 Å². The molecule has 2 atom stereocenters. The Balaban J connectivity index is 1.53. The standard InChI is InChI=1S/C34H44ClN5O7/c1-20-13-25(45-6)15-26(35)29(20)40-19-37-30(36)28(32(40)42)31(41)38-23-10-8-9-21(14-23)17-39(33(43)47-34(2,3)4)18-22-11-12-24(44-5)16-27(22)46-7/h11-13,15-16,19,21,23H,8-10,14,17-18,36H2,1-7H3,(H,38,41)/t21-,23+/m1/s1. The number of carbonyl (C=O) groups is 2. The van der Waals surface area contributed by atoms with Gasteiger partial charge in [-0.1, -0.05) is 18.0 Å². The number of amides is 2. The van der Waals surface area contributed by atoms with Crippen molar-refractivity contribution in [2.45, 2.75) is 71.6 Å². The molecule has 4 rings (SSSR count). The molecular formula is C34H44ClN5O7. The molecule has 1 aliphatic rings. The molecule has 1 aliphatic carbocycles. The van der Waals surface area contributed by atoms with E-state index >= 15 is 0 Å². The Morgan fingerprint density at radius 2 is 1.81 bits per heavy atom. The highest BCUT2D eigenvalue weighted by molar-refractivity contribution is 6.32. The van der Waals surface area contributed by atoms with Crippen molar-refractivity contribution < 1.29 is 28.5 Å². The number of benzene rings is 2. The van der Waals surface area contributed by atoms with Crippen LogP contribution >= 0.6 is 11.6 Å². The lowest BCUT2D eigenvalue weighted by Gasteiger charge is -2.34. The van der Waals surface area contributed by atoms with Gasteiger partial charge in [-0.15, -0.1) is 0 Å². The first-order valence-electron chi connectivity index (χ1n) is 15.5. The summed E-state index contributed by atoms with van der Waals surface area (Å²) in [5.74, 6) is 1.03. The number of rotatable bonds is 10. The molecule has 3 aromatic rings. The first kappa shape index (κ1) is 35.4. The molecule has 0 spiro atoms. The molecule has 2 aromatic carbocycles. The maximum atomic E-state index is 13.6. The highest BCUT2D eigenvalue weighted by atomic mass is 35.5. The minimum absolute atomic E-state index is 0.0504. The zero-order valence-corrected chi connectivity index (χ0v) is 28.8. The van der Waals surface area contributed by atoms with E-state index in [0.29, 0.717) is 47.9 Å². The van der Waals surface area contributed by atoms with Crippen molar-refractivity contribution in [3.63, 3.8) is 0 Å². The maximum absolute atomic E-state index is 13.6. The topological polar surface area (TPSA) is 147 Å². The Bertz CT molecular complexity index is 1650. The van der Waals surface area contributed by atoms with E-state index in [1.165, 1.54) is 18.0 Å². The van der Waals surface area contributed by atoms with E-state index in [9.17, 15) is 14.4 Å². The second kappa shape index (κ2) is 15.0. The van der Waals surface area contributed by atoms with Crippen LogP contribution in [0.3, 0.4) is 0 Å². The van der Waals surface area contributed by atoms with Crippen molar-refractivity contribution in [3.05, 3.63) is 68.7 Å². The van der Waals surface area contributed by atoms with Gasteiger partial charge in [0.1, 0.15) is 40.6 Å². The molecule has 1 heterocycles. The molecule has 0 radical (unpaired) electrons. The lowest BCUT2D eigenvalue weighted by molar-refractivity contribution is 0.0182. The molecule has 3 N–H and O–H groups in total. The third-order valence-corrected chi connectivity index (χ3v) is 8.32. The highest BCUT2D eigenvalue weighted by Gasteiger charge is 2.31.